The van der Waals surface area contributed by atoms with Crippen LogP contribution in [0, 0.1) is 0 Å². The van der Waals surface area contributed by atoms with E-state index in [1.807, 2.05) is 0 Å². The van der Waals surface area contributed by atoms with Crippen molar-refractivity contribution >= 4 is 21.9 Å². The minimum absolute atomic E-state index is 0.406. The summed E-state index contributed by atoms with van der Waals surface area (Å²) in [7, 11) is -9.28. The van der Waals surface area contributed by atoms with Crippen molar-refractivity contribution in [1.29, 1.82) is 0 Å². The first-order chi connectivity index (χ1) is 8.31. The van der Waals surface area contributed by atoms with Crippen LogP contribution in [0.15, 0.2) is 0 Å². The van der Waals surface area contributed by atoms with E-state index in [9.17, 15) is 4.79 Å². The maximum atomic E-state index is 9.82. The molecule has 11 nitrogen and oxygen atoms in total. The van der Waals surface area contributed by atoms with E-state index in [-0.39, 0.29) is 0 Å². The number of phosphoric acid groups is 2. The second-order valence-corrected chi connectivity index (χ2v) is 5.09. The van der Waals surface area contributed by atoms with Gasteiger partial charge in [0.1, 0.15) is 0 Å². The van der Waals surface area contributed by atoms with Crippen LogP contribution in [0.25, 0.3) is 0 Å². The molecule has 0 aliphatic carbocycles. The molecule has 0 saturated heterocycles. The highest BCUT2D eigenvalue weighted by atomic mass is 31.2. The summed E-state index contributed by atoms with van der Waals surface area (Å²) < 4.78 is 17.8. The Balaban J connectivity index is -0.000000219. The molecule has 19 heavy (non-hydrogen) atoms. The van der Waals surface area contributed by atoms with Gasteiger partial charge in [0.15, 0.2) is 0 Å². The zero-order valence-electron chi connectivity index (χ0n) is 9.86. The average molecular weight is 325 g/mol. The maximum Gasteiger partial charge on any atom is 0.466 e. The van der Waals surface area contributed by atoms with Crippen LogP contribution in [-0.4, -0.2) is 48.2 Å². The summed E-state index contributed by atoms with van der Waals surface area (Å²) in [6.07, 6.45) is 4.28. The molecular formula is C6H19N2O9P2. The van der Waals surface area contributed by atoms with Crippen LogP contribution in [0.3, 0.4) is 0 Å². The molecule has 0 saturated carbocycles. The summed E-state index contributed by atoms with van der Waals surface area (Å²) in [5.41, 5.74) is 10.5. The molecule has 0 aliphatic heterocycles. The van der Waals surface area contributed by atoms with Crippen molar-refractivity contribution in [3.63, 3.8) is 0 Å². The van der Waals surface area contributed by atoms with Gasteiger partial charge in [0.2, 0.25) is 6.29 Å². The average Bonchev–Trinajstić information content (AvgIpc) is 2.12. The zero-order chi connectivity index (χ0) is 16.1. The fourth-order valence-corrected chi connectivity index (χ4v) is 0.568. The Labute approximate surface area is 109 Å². The fourth-order valence-electron chi connectivity index (χ4n) is 0.568. The molecule has 1 atom stereocenters. The van der Waals surface area contributed by atoms with Crippen molar-refractivity contribution < 1.29 is 43.3 Å². The summed E-state index contributed by atoms with van der Waals surface area (Å²) in [6, 6.07) is -0.406. The highest BCUT2D eigenvalue weighted by molar-refractivity contribution is 7.45. The summed E-state index contributed by atoms with van der Waals surface area (Å²) in [6.45, 7) is 0.672. The first-order valence-corrected chi connectivity index (χ1v) is 7.84. The smallest absolute Gasteiger partial charge is 0.330 e. The molecule has 0 spiro atoms. The molecule has 13 heteroatoms. The van der Waals surface area contributed by atoms with Gasteiger partial charge >= 0.3 is 15.6 Å². The normalized spacial score (nSPS) is 12.4. The van der Waals surface area contributed by atoms with Gasteiger partial charge in [0.25, 0.3) is 0 Å². The van der Waals surface area contributed by atoms with Crippen LogP contribution in [0.5, 0.6) is 0 Å². The van der Waals surface area contributed by atoms with E-state index >= 15 is 0 Å². The molecule has 1 radical (unpaired) electrons. The predicted octanol–water partition coefficient (Wildman–Crippen LogP) is -2.30. The van der Waals surface area contributed by atoms with Gasteiger partial charge in [-0.25, -0.2) is 9.13 Å². The van der Waals surface area contributed by atoms with E-state index in [4.69, 9.17) is 50.0 Å². The minimum atomic E-state index is -4.64. The number of rotatable bonds is 5. The third-order valence-electron chi connectivity index (χ3n) is 1.12. The van der Waals surface area contributed by atoms with E-state index in [1.165, 1.54) is 0 Å². The summed E-state index contributed by atoms with van der Waals surface area (Å²) >= 11 is 0. The highest BCUT2D eigenvalue weighted by Crippen LogP contribution is 2.26. The summed E-state index contributed by atoms with van der Waals surface area (Å²) in [4.78, 5) is 52.9. The van der Waals surface area contributed by atoms with Crippen molar-refractivity contribution in [2.45, 2.75) is 25.3 Å². The lowest BCUT2D eigenvalue weighted by molar-refractivity contribution is 0.272. The lowest BCUT2D eigenvalue weighted by atomic mass is 10.1. The van der Waals surface area contributed by atoms with Gasteiger partial charge in [-0.15, -0.1) is 0 Å². The maximum absolute atomic E-state index is 9.82. The van der Waals surface area contributed by atoms with Gasteiger partial charge in [-0.3, -0.25) is 4.79 Å². The molecule has 0 fully saturated rings. The first-order valence-electron chi connectivity index (χ1n) is 4.71. The van der Waals surface area contributed by atoms with E-state index in [1.54, 1.807) is 6.29 Å². The van der Waals surface area contributed by atoms with Crippen LogP contribution in [0.2, 0.25) is 0 Å². The van der Waals surface area contributed by atoms with Crippen molar-refractivity contribution in [2.24, 2.45) is 11.5 Å². The number of hydrogen-bond acceptors (Lipinski definition) is 5. The third-order valence-corrected chi connectivity index (χ3v) is 1.12. The molecule has 0 aromatic rings. The van der Waals surface area contributed by atoms with Crippen molar-refractivity contribution in [3.8, 4) is 0 Å². The lowest BCUT2D eigenvalue weighted by Crippen LogP contribution is -2.21. The van der Waals surface area contributed by atoms with Crippen molar-refractivity contribution in [1.82, 2.24) is 0 Å². The van der Waals surface area contributed by atoms with Crippen LogP contribution in [0.1, 0.15) is 19.3 Å². The molecule has 0 amide bonds. The molecule has 0 bridgehead atoms. The Hall–Kier alpha value is -0.190. The molecule has 0 aliphatic rings. The molecule has 117 valence electrons. The van der Waals surface area contributed by atoms with Crippen molar-refractivity contribution in [3.05, 3.63) is 0 Å². The van der Waals surface area contributed by atoms with Gasteiger partial charge in [-0.2, -0.15) is 0 Å². The van der Waals surface area contributed by atoms with Crippen LogP contribution >= 0.6 is 15.6 Å². The number of unbranched alkanes of at least 4 members (excludes halogenated alkanes) is 1. The molecule has 0 rings (SSSR count). The van der Waals surface area contributed by atoms with Gasteiger partial charge < -0.3 is 40.8 Å². The Bertz CT molecular complexity index is 265. The third kappa shape index (κ3) is 96.0. The van der Waals surface area contributed by atoms with E-state index in [0.29, 0.717) is 13.0 Å². The number of carbonyl (C=O) groups excluding carboxylic acids is 1. The van der Waals surface area contributed by atoms with Crippen LogP contribution < -0.4 is 11.5 Å². The predicted molar refractivity (Wildman–Crippen MR) is 65.1 cm³/mol. The minimum Gasteiger partial charge on any atom is -0.330 e. The SMILES string of the molecule is NCCCCC(N)[C]=O.O=P(O)(O)O.O=P(O)(O)O. The number of hydrogen-bond donors (Lipinski definition) is 8. The standard InChI is InChI=1S/C6H13N2O.2H3O4P/c7-4-2-1-3-6(8)5-9;2*1-5(2,3)4/h6H,1-4,7-8H2;2*(H3,1,2,3,4). The second-order valence-electron chi connectivity index (χ2n) is 3.04. The largest absolute Gasteiger partial charge is 0.466 e. The molecule has 0 aromatic carbocycles. The zero-order valence-corrected chi connectivity index (χ0v) is 11.7. The molecule has 0 heterocycles. The van der Waals surface area contributed by atoms with E-state index in [2.05, 4.69) is 0 Å². The molecule has 0 aromatic heterocycles. The highest BCUT2D eigenvalue weighted by Gasteiger charge is 2.00. The van der Waals surface area contributed by atoms with Gasteiger partial charge in [-0.05, 0) is 19.4 Å². The summed E-state index contributed by atoms with van der Waals surface area (Å²) in [5, 5.41) is 0. The molecule has 10 N–H and O–H groups in total. The van der Waals surface area contributed by atoms with Crippen LogP contribution in [0.4, 0.5) is 0 Å². The lowest BCUT2D eigenvalue weighted by Gasteiger charge is -1.99. The number of nitrogens with two attached hydrogens (primary N) is 2. The summed E-state index contributed by atoms with van der Waals surface area (Å²) in [5.74, 6) is 0. The van der Waals surface area contributed by atoms with Gasteiger partial charge in [-0.1, -0.05) is 6.42 Å². The Morgan fingerprint density at radius 3 is 1.47 bits per heavy atom. The molecule has 1 unspecified atom stereocenters. The fraction of sp³-hybridized carbons (Fsp3) is 0.833. The van der Waals surface area contributed by atoms with Crippen molar-refractivity contribution in [2.75, 3.05) is 6.54 Å². The second kappa shape index (κ2) is 12.8. The Morgan fingerprint density at radius 2 is 1.26 bits per heavy atom. The van der Waals surface area contributed by atoms with E-state index < -0.39 is 21.7 Å². The monoisotopic (exact) mass is 325 g/mol. The first kappa shape index (κ1) is 23.9. The van der Waals surface area contributed by atoms with E-state index in [0.717, 1.165) is 12.8 Å². The van der Waals surface area contributed by atoms with Crippen LogP contribution in [-0.2, 0) is 13.9 Å². The Kier molecular flexibility index (Phi) is 16.1. The molecular weight excluding hydrogens is 306 g/mol. The Morgan fingerprint density at radius 1 is 0.947 bits per heavy atom. The van der Waals surface area contributed by atoms with Gasteiger partial charge in [0.05, 0.1) is 6.04 Å². The van der Waals surface area contributed by atoms with Gasteiger partial charge in [0, 0.05) is 0 Å². The topological polar surface area (TPSA) is 225 Å². The quantitative estimate of drug-likeness (QED) is 0.198.